The molecule has 2 aromatic carbocycles. The molecule has 20 heavy (non-hydrogen) atoms. The second-order valence-electron chi connectivity index (χ2n) is 4.64. The quantitative estimate of drug-likeness (QED) is 0.731. The number of nitrogen functional groups attached to an aromatic ring is 1. The summed E-state index contributed by atoms with van der Waals surface area (Å²) in [6.07, 6.45) is 2.94. The fourth-order valence-electron chi connectivity index (χ4n) is 2.08. The number of anilines is 1. The Morgan fingerprint density at radius 2 is 1.80 bits per heavy atom. The number of nitrogens with two attached hydrogens (primary N) is 1. The molecule has 6 heteroatoms. The van der Waals surface area contributed by atoms with E-state index in [2.05, 4.69) is 5.10 Å². The van der Waals surface area contributed by atoms with Gasteiger partial charge in [0, 0.05) is 17.3 Å². The number of sulfone groups is 1. The molecule has 0 saturated carbocycles. The van der Waals surface area contributed by atoms with E-state index < -0.39 is 9.84 Å². The summed E-state index contributed by atoms with van der Waals surface area (Å²) in [5, 5.41) is 5.29. The Balaban J connectivity index is 2.14. The molecule has 1 heterocycles. The standard InChI is InChI=1S/C14H13N3O2S/c1-20(18,19)13-6-4-12(5-7-13)17-14-8-11(15)3-2-10(14)9-16-17/h2-9H,15H2,1H3. The molecular weight excluding hydrogens is 274 g/mol. The van der Waals surface area contributed by atoms with Crippen molar-refractivity contribution in [2.75, 3.05) is 12.0 Å². The van der Waals surface area contributed by atoms with Crippen molar-refractivity contribution in [1.82, 2.24) is 9.78 Å². The van der Waals surface area contributed by atoms with Gasteiger partial charge in [0.25, 0.3) is 0 Å². The second kappa shape index (κ2) is 4.35. The van der Waals surface area contributed by atoms with Crippen molar-refractivity contribution in [3.63, 3.8) is 0 Å². The number of hydrogen-bond donors (Lipinski definition) is 1. The summed E-state index contributed by atoms with van der Waals surface area (Å²) in [6.45, 7) is 0. The zero-order valence-corrected chi connectivity index (χ0v) is 11.6. The smallest absolute Gasteiger partial charge is 0.175 e. The van der Waals surface area contributed by atoms with Crippen LogP contribution >= 0.6 is 0 Å². The van der Waals surface area contributed by atoms with E-state index in [9.17, 15) is 8.42 Å². The number of benzene rings is 2. The highest BCUT2D eigenvalue weighted by Gasteiger charge is 2.09. The molecule has 0 unspecified atom stereocenters. The molecule has 0 spiro atoms. The lowest BCUT2D eigenvalue weighted by molar-refractivity contribution is 0.602. The van der Waals surface area contributed by atoms with Crippen LogP contribution in [-0.2, 0) is 9.84 Å². The van der Waals surface area contributed by atoms with Crippen molar-refractivity contribution in [2.45, 2.75) is 4.90 Å². The molecule has 0 amide bonds. The molecule has 1 aromatic heterocycles. The summed E-state index contributed by atoms with van der Waals surface area (Å²) in [5.41, 5.74) is 8.13. The third-order valence-corrected chi connectivity index (χ3v) is 4.23. The van der Waals surface area contributed by atoms with E-state index in [-0.39, 0.29) is 4.90 Å². The molecule has 0 radical (unpaired) electrons. The third-order valence-electron chi connectivity index (χ3n) is 3.10. The van der Waals surface area contributed by atoms with Gasteiger partial charge in [-0.1, -0.05) is 0 Å². The number of rotatable bonds is 2. The van der Waals surface area contributed by atoms with Crippen molar-refractivity contribution in [3.05, 3.63) is 48.7 Å². The van der Waals surface area contributed by atoms with Gasteiger partial charge in [0.2, 0.25) is 0 Å². The molecule has 0 aliphatic carbocycles. The highest BCUT2D eigenvalue weighted by molar-refractivity contribution is 7.90. The Hall–Kier alpha value is -2.34. The van der Waals surface area contributed by atoms with E-state index >= 15 is 0 Å². The lowest BCUT2D eigenvalue weighted by Gasteiger charge is -2.05. The van der Waals surface area contributed by atoms with E-state index in [4.69, 9.17) is 5.73 Å². The SMILES string of the molecule is CS(=O)(=O)c1ccc(-n2ncc3ccc(N)cc32)cc1. The monoisotopic (exact) mass is 287 g/mol. The number of aromatic nitrogens is 2. The molecule has 0 bridgehead atoms. The summed E-state index contributed by atoms with van der Waals surface area (Å²) in [5.74, 6) is 0. The highest BCUT2D eigenvalue weighted by Crippen LogP contribution is 2.21. The van der Waals surface area contributed by atoms with Gasteiger partial charge in [-0.15, -0.1) is 0 Å². The van der Waals surface area contributed by atoms with Crippen molar-refractivity contribution in [2.24, 2.45) is 0 Å². The van der Waals surface area contributed by atoms with Gasteiger partial charge in [-0.05, 0) is 42.5 Å². The number of hydrogen-bond acceptors (Lipinski definition) is 4. The number of fused-ring (bicyclic) bond motifs is 1. The van der Waals surface area contributed by atoms with Gasteiger partial charge in [0.05, 0.1) is 22.3 Å². The molecule has 0 saturated heterocycles. The first-order valence-electron chi connectivity index (χ1n) is 5.99. The van der Waals surface area contributed by atoms with Gasteiger partial charge in [-0.3, -0.25) is 0 Å². The molecule has 0 aliphatic rings. The van der Waals surface area contributed by atoms with Crippen LogP contribution in [0.4, 0.5) is 5.69 Å². The highest BCUT2D eigenvalue weighted by atomic mass is 32.2. The van der Waals surface area contributed by atoms with Crippen molar-refractivity contribution < 1.29 is 8.42 Å². The molecular formula is C14H13N3O2S. The van der Waals surface area contributed by atoms with Crippen LogP contribution in [0.2, 0.25) is 0 Å². The number of nitrogens with zero attached hydrogens (tertiary/aromatic N) is 2. The lowest BCUT2D eigenvalue weighted by atomic mass is 10.2. The van der Waals surface area contributed by atoms with E-state index in [1.54, 1.807) is 35.1 Å². The van der Waals surface area contributed by atoms with Crippen LogP contribution in [0, 0.1) is 0 Å². The largest absolute Gasteiger partial charge is 0.399 e. The first-order valence-corrected chi connectivity index (χ1v) is 7.88. The Kier molecular flexibility index (Phi) is 2.76. The van der Waals surface area contributed by atoms with Crippen LogP contribution in [0.15, 0.2) is 53.6 Å². The van der Waals surface area contributed by atoms with E-state index in [1.807, 2.05) is 18.2 Å². The molecule has 0 atom stereocenters. The van der Waals surface area contributed by atoms with Crippen LogP contribution in [0.3, 0.4) is 0 Å². The van der Waals surface area contributed by atoms with Crippen molar-refractivity contribution >= 4 is 26.4 Å². The van der Waals surface area contributed by atoms with Gasteiger partial charge in [-0.25, -0.2) is 13.1 Å². The average Bonchev–Trinajstić information content (AvgIpc) is 2.81. The molecule has 5 nitrogen and oxygen atoms in total. The van der Waals surface area contributed by atoms with Crippen LogP contribution in [0.5, 0.6) is 0 Å². The summed E-state index contributed by atoms with van der Waals surface area (Å²) in [4.78, 5) is 0.289. The van der Waals surface area contributed by atoms with Gasteiger partial charge in [0.15, 0.2) is 9.84 Å². The minimum atomic E-state index is -3.19. The summed E-state index contributed by atoms with van der Waals surface area (Å²) < 4.78 is 24.6. The minimum absolute atomic E-state index is 0.289. The zero-order valence-electron chi connectivity index (χ0n) is 10.8. The predicted molar refractivity (Wildman–Crippen MR) is 78.6 cm³/mol. The lowest BCUT2D eigenvalue weighted by Crippen LogP contribution is -2.00. The van der Waals surface area contributed by atoms with Gasteiger partial charge < -0.3 is 5.73 Å². The fourth-order valence-corrected chi connectivity index (χ4v) is 2.71. The molecule has 2 N–H and O–H groups in total. The van der Waals surface area contributed by atoms with E-state index in [0.29, 0.717) is 5.69 Å². The maximum Gasteiger partial charge on any atom is 0.175 e. The van der Waals surface area contributed by atoms with Crippen molar-refractivity contribution in [3.8, 4) is 5.69 Å². The van der Waals surface area contributed by atoms with Crippen LogP contribution in [0.25, 0.3) is 16.6 Å². The van der Waals surface area contributed by atoms with Gasteiger partial charge in [-0.2, -0.15) is 5.10 Å². The first-order chi connectivity index (χ1) is 9.45. The predicted octanol–water partition coefficient (Wildman–Crippen LogP) is 2.01. The molecule has 0 aliphatic heterocycles. The minimum Gasteiger partial charge on any atom is -0.399 e. The molecule has 0 fully saturated rings. The van der Waals surface area contributed by atoms with Crippen molar-refractivity contribution in [1.29, 1.82) is 0 Å². The fraction of sp³-hybridized carbons (Fsp3) is 0.0714. The van der Waals surface area contributed by atoms with Gasteiger partial charge >= 0.3 is 0 Å². The van der Waals surface area contributed by atoms with E-state index in [0.717, 1.165) is 16.6 Å². The maximum absolute atomic E-state index is 11.4. The summed E-state index contributed by atoms with van der Waals surface area (Å²) in [7, 11) is -3.19. The molecule has 102 valence electrons. The Labute approximate surface area is 116 Å². The topological polar surface area (TPSA) is 78.0 Å². The van der Waals surface area contributed by atoms with Crippen LogP contribution < -0.4 is 5.73 Å². The Morgan fingerprint density at radius 1 is 1.10 bits per heavy atom. The zero-order chi connectivity index (χ0) is 14.3. The Bertz CT molecular complexity index is 880. The maximum atomic E-state index is 11.4. The first kappa shape index (κ1) is 12.7. The van der Waals surface area contributed by atoms with E-state index in [1.165, 1.54) is 6.26 Å². The second-order valence-corrected chi connectivity index (χ2v) is 6.66. The normalized spacial score (nSPS) is 11.8. The summed E-state index contributed by atoms with van der Waals surface area (Å²) >= 11 is 0. The van der Waals surface area contributed by atoms with Gasteiger partial charge in [0.1, 0.15) is 0 Å². The molecule has 3 aromatic rings. The molecule has 3 rings (SSSR count). The van der Waals surface area contributed by atoms with Crippen LogP contribution in [0.1, 0.15) is 0 Å². The third kappa shape index (κ3) is 2.14. The summed E-state index contributed by atoms with van der Waals surface area (Å²) in [6, 6.07) is 12.2. The Morgan fingerprint density at radius 3 is 2.45 bits per heavy atom. The average molecular weight is 287 g/mol. The van der Waals surface area contributed by atoms with Crippen LogP contribution in [-0.4, -0.2) is 24.5 Å².